The van der Waals surface area contributed by atoms with Crippen molar-refractivity contribution in [3.8, 4) is 5.75 Å². The van der Waals surface area contributed by atoms with Gasteiger partial charge in [0, 0.05) is 18.2 Å². The van der Waals surface area contributed by atoms with E-state index in [-0.39, 0.29) is 0 Å². The van der Waals surface area contributed by atoms with Crippen molar-refractivity contribution in [3.63, 3.8) is 0 Å². The average Bonchev–Trinajstić information content (AvgIpc) is 2.94. The molecule has 4 heteroatoms. The third-order valence-electron chi connectivity index (χ3n) is 2.91. The molecular formula is C17H23NO3. The van der Waals surface area contributed by atoms with Crippen molar-refractivity contribution >= 4 is 0 Å². The Labute approximate surface area is 126 Å². The van der Waals surface area contributed by atoms with Crippen LogP contribution in [0.4, 0.5) is 0 Å². The highest BCUT2D eigenvalue weighted by molar-refractivity contribution is 5.20. The molecule has 0 fully saturated rings. The lowest BCUT2D eigenvalue weighted by molar-refractivity contribution is 0.0781. The molecule has 0 amide bonds. The number of nitrogens with one attached hydrogen (secondary N) is 1. The summed E-state index contributed by atoms with van der Waals surface area (Å²) in [5.74, 6) is 1.71. The second-order valence-corrected chi connectivity index (χ2v) is 5.17. The highest BCUT2D eigenvalue weighted by Gasteiger charge is 2.03. The van der Waals surface area contributed by atoms with Crippen LogP contribution in [0.15, 0.2) is 47.1 Å². The molecule has 0 aliphatic rings. The van der Waals surface area contributed by atoms with Crippen molar-refractivity contribution < 1.29 is 13.9 Å². The number of hydrogen-bond acceptors (Lipinski definition) is 4. The second-order valence-electron chi connectivity index (χ2n) is 5.17. The van der Waals surface area contributed by atoms with E-state index < -0.39 is 0 Å². The van der Waals surface area contributed by atoms with Crippen LogP contribution in [-0.2, 0) is 17.9 Å². The normalized spacial score (nSPS) is 11.0. The molecule has 2 aromatic rings. The van der Waals surface area contributed by atoms with Gasteiger partial charge in [0.25, 0.3) is 0 Å². The van der Waals surface area contributed by atoms with Crippen LogP contribution in [-0.4, -0.2) is 19.3 Å². The maximum Gasteiger partial charge on any atom is 0.129 e. The Kier molecular flexibility index (Phi) is 6.31. The van der Waals surface area contributed by atoms with E-state index in [0.29, 0.717) is 25.9 Å². The molecule has 21 heavy (non-hydrogen) atoms. The predicted octanol–water partition coefficient (Wildman–Crippen LogP) is 3.37. The summed E-state index contributed by atoms with van der Waals surface area (Å²) in [6, 6.07) is 12.2. The van der Waals surface area contributed by atoms with Gasteiger partial charge in [0.1, 0.15) is 24.7 Å². The number of para-hydroxylation sites is 1. The average molecular weight is 289 g/mol. The lowest BCUT2D eigenvalue weighted by Crippen LogP contribution is -2.21. The molecule has 0 saturated carbocycles. The van der Waals surface area contributed by atoms with Gasteiger partial charge < -0.3 is 19.2 Å². The van der Waals surface area contributed by atoms with Crippen LogP contribution in [0.3, 0.4) is 0 Å². The largest absolute Gasteiger partial charge is 0.491 e. The highest BCUT2D eigenvalue weighted by atomic mass is 16.5. The molecule has 0 atom stereocenters. The van der Waals surface area contributed by atoms with E-state index in [0.717, 1.165) is 23.6 Å². The van der Waals surface area contributed by atoms with E-state index in [1.54, 1.807) is 6.26 Å². The molecule has 0 spiro atoms. The molecule has 1 heterocycles. The van der Waals surface area contributed by atoms with Gasteiger partial charge in [0.2, 0.25) is 0 Å². The minimum atomic E-state index is 0.467. The number of benzene rings is 1. The van der Waals surface area contributed by atoms with Crippen molar-refractivity contribution in [2.75, 3.05) is 13.2 Å². The van der Waals surface area contributed by atoms with Crippen LogP contribution in [0, 0.1) is 0 Å². The summed E-state index contributed by atoms with van der Waals surface area (Å²) in [4.78, 5) is 0. The summed E-state index contributed by atoms with van der Waals surface area (Å²) < 4.78 is 16.5. The fraction of sp³-hybridized carbons (Fsp3) is 0.412. The van der Waals surface area contributed by atoms with Gasteiger partial charge in [-0.3, -0.25) is 0 Å². The fourth-order valence-corrected chi connectivity index (χ4v) is 1.82. The summed E-state index contributed by atoms with van der Waals surface area (Å²) in [6.07, 6.45) is 1.77. The topological polar surface area (TPSA) is 43.6 Å². The summed E-state index contributed by atoms with van der Waals surface area (Å²) in [5, 5.41) is 3.35. The molecule has 4 nitrogen and oxygen atoms in total. The highest BCUT2D eigenvalue weighted by Crippen LogP contribution is 2.10. The quantitative estimate of drug-likeness (QED) is 0.719. The van der Waals surface area contributed by atoms with E-state index >= 15 is 0 Å². The molecule has 0 bridgehead atoms. The van der Waals surface area contributed by atoms with Gasteiger partial charge in [-0.25, -0.2) is 0 Å². The zero-order valence-corrected chi connectivity index (χ0v) is 12.7. The number of rotatable bonds is 9. The van der Waals surface area contributed by atoms with Crippen molar-refractivity contribution in [2.24, 2.45) is 0 Å². The number of hydrogen-bond donors (Lipinski definition) is 1. The van der Waals surface area contributed by atoms with Gasteiger partial charge >= 0.3 is 0 Å². The Morgan fingerprint density at radius 2 is 1.95 bits per heavy atom. The van der Waals surface area contributed by atoms with Crippen LogP contribution < -0.4 is 10.1 Å². The number of furan rings is 1. The Morgan fingerprint density at radius 3 is 2.71 bits per heavy atom. The predicted molar refractivity (Wildman–Crippen MR) is 82.3 cm³/mol. The first-order valence-corrected chi connectivity index (χ1v) is 7.29. The van der Waals surface area contributed by atoms with E-state index in [2.05, 4.69) is 19.2 Å². The first kappa shape index (κ1) is 15.6. The Balaban J connectivity index is 1.60. The lowest BCUT2D eigenvalue weighted by Gasteiger charge is -2.06. The van der Waals surface area contributed by atoms with Crippen LogP contribution >= 0.6 is 0 Å². The molecule has 0 saturated heterocycles. The molecule has 1 aromatic carbocycles. The SMILES string of the molecule is CC(C)NCc1coc(COCCOc2ccccc2)c1. The zero-order valence-electron chi connectivity index (χ0n) is 12.7. The number of ether oxygens (including phenoxy) is 2. The molecule has 2 rings (SSSR count). The van der Waals surface area contributed by atoms with Crippen LogP contribution in [0.25, 0.3) is 0 Å². The molecular weight excluding hydrogens is 266 g/mol. The van der Waals surface area contributed by atoms with E-state index in [1.165, 1.54) is 0 Å². The molecule has 0 aliphatic carbocycles. The van der Waals surface area contributed by atoms with Gasteiger partial charge in [-0.1, -0.05) is 32.0 Å². The van der Waals surface area contributed by atoms with Gasteiger partial charge in [-0.2, -0.15) is 0 Å². The van der Waals surface area contributed by atoms with Crippen molar-refractivity contribution in [1.82, 2.24) is 5.32 Å². The van der Waals surface area contributed by atoms with Gasteiger partial charge in [0.05, 0.1) is 12.9 Å². The van der Waals surface area contributed by atoms with Crippen molar-refractivity contribution in [1.29, 1.82) is 0 Å². The fourth-order valence-electron chi connectivity index (χ4n) is 1.82. The van der Waals surface area contributed by atoms with E-state index in [1.807, 2.05) is 36.4 Å². The third kappa shape index (κ3) is 6.02. The maximum absolute atomic E-state index is 5.55. The van der Waals surface area contributed by atoms with Gasteiger partial charge in [0.15, 0.2) is 0 Å². The van der Waals surface area contributed by atoms with Crippen LogP contribution in [0.2, 0.25) is 0 Å². The zero-order chi connectivity index (χ0) is 14.9. The second kappa shape index (κ2) is 8.49. The van der Waals surface area contributed by atoms with E-state index in [9.17, 15) is 0 Å². The first-order chi connectivity index (χ1) is 10.2. The third-order valence-corrected chi connectivity index (χ3v) is 2.91. The van der Waals surface area contributed by atoms with E-state index in [4.69, 9.17) is 13.9 Å². The molecule has 1 N–H and O–H groups in total. The monoisotopic (exact) mass is 289 g/mol. The Hall–Kier alpha value is -1.78. The van der Waals surface area contributed by atoms with Crippen molar-refractivity contribution in [3.05, 3.63) is 54.0 Å². The smallest absolute Gasteiger partial charge is 0.129 e. The Bertz CT molecular complexity index is 508. The minimum Gasteiger partial charge on any atom is -0.491 e. The minimum absolute atomic E-state index is 0.467. The molecule has 0 aliphatic heterocycles. The molecule has 1 aromatic heterocycles. The van der Waals surface area contributed by atoms with Crippen LogP contribution in [0.5, 0.6) is 5.75 Å². The maximum atomic E-state index is 5.55. The summed E-state index contributed by atoms with van der Waals surface area (Å²) in [5.41, 5.74) is 1.14. The van der Waals surface area contributed by atoms with Gasteiger partial charge in [-0.15, -0.1) is 0 Å². The first-order valence-electron chi connectivity index (χ1n) is 7.29. The molecule has 114 valence electrons. The molecule has 0 radical (unpaired) electrons. The lowest BCUT2D eigenvalue weighted by atomic mass is 10.3. The Morgan fingerprint density at radius 1 is 1.14 bits per heavy atom. The van der Waals surface area contributed by atoms with Crippen LogP contribution in [0.1, 0.15) is 25.2 Å². The summed E-state index contributed by atoms with van der Waals surface area (Å²) >= 11 is 0. The summed E-state index contributed by atoms with van der Waals surface area (Å²) in [7, 11) is 0. The summed E-state index contributed by atoms with van der Waals surface area (Å²) in [6.45, 7) is 6.60. The standard InChI is InChI=1S/C17H23NO3/c1-14(2)18-11-15-10-17(21-12-15)13-19-8-9-20-16-6-4-3-5-7-16/h3-7,10,12,14,18H,8-9,11,13H2,1-2H3. The van der Waals surface area contributed by atoms with Crippen molar-refractivity contribution in [2.45, 2.75) is 33.0 Å². The molecule has 0 unspecified atom stereocenters. The van der Waals surface area contributed by atoms with Gasteiger partial charge in [-0.05, 0) is 18.2 Å².